The van der Waals surface area contributed by atoms with Crippen molar-refractivity contribution in [3.05, 3.63) is 17.0 Å². The Hall–Kier alpha value is -0.430. The summed E-state index contributed by atoms with van der Waals surface area (Å²) in [5.41, 5.74) is 0. The maximum absolute atomic E-state index is 12.3. The van der Waals surface area contributed by atoms with E-state index >= 15 is 0 Å². The Bertz CT molecular complexity index is 506. The number of sulfonamides is 1. The fraction of sp³-hybridized carbons (Fsp3) is 0.692. The minimum Gasteiger partial charge on any atom is -0.319 e. The van der Waals surface area contributed by atoms with Crippen LogP contribution in [0.25, 0.3) is 0 Å². The van der Waals surface area contributed by atoms with Crippen molar-refractivity contribution < 1.29 is 8.42 Å². The van der Waals surface area contributed by atoms with E-state index in [-0.39, 0.29) is 6.04 Å². The second kappa shape index (κ2) is 6.35. The standard InChI is InChI=1S/C13H22N2O2S2/c1-10(11-4-3-5-11)15-19(16,17)13-7-6-12(18-13)8-9-14-2/h6-7,10-11,14-15H,3-5,8-9H2,1-2H3. The SMILES string of the molecule is CNCCc1ccc(S(=O)(=O)NC(C)C2CCC2)s1. The highest BCUT2D eigenvalue weighted by Gasteiger charge is 2.28. The molecule has 1 aliphatic rings. The summed E-state index contributed by atoms with van der Waals surface area (Å²) in [4.78, 5) is 1.10. The molecular weight excluding hydrogens is 280 g/mol. The van der Waals surface area contributed by atoms with Crippen LogP contribution in [0.3, 0.4) is 0 Å². The fourth-order valence-corrected chi connectivity index (χ4v) is 4.91. The Kier molecular flexibility index (Phi) is 5.00. The predicted octanol–water partition coefficient (Wildman–Crippen LogP) is 1.98. The zero-order valence-corrected chi connectivity index (χ0v) is 13.1. The van der Waals surface area contributed by atoms with Crippen molar-refractivity contribution in [3.63, 3.8) is 0 Å². The Morgan fingerprint density at radius 2 is 2.16 bits per heavy atom. The third-order valence-electron chi connectivity index (χ3n) is 3.72. The van der Waals surface area contributed by atoms with E-state index in [9.17, 15) is 8.42 Å². The van der Waals surface area contributed by atoms with Gasteiger partial charge >= 0.3 is 0 Å². The Balaban J connectivity index is 1.99. The molecule has 2 rings (SSSR count). The van der Waals surface area contributed by atoms with Gasteiger partial charge in [0.25, 0.3) is 0 Å². The first-order valence-electron chi connectivity index (χ1n) is 6.78. The van der Waals surface area contributed by atoms with Gasteiger partial charge in [-0.05, 0) is 57.8 Å². The summed E-state index contributed by atoms with van der Waals surface area (Å²) in [6.45, 7) is 2.84. The lowest BCUT2D eigenvalue weighted by atomic mass is 9.81. The van der Waals surface area contributed by atoms with Crippen molar-refractivity contribution in [3.8, 4) is 0 Å². The van der Waals surface area contributed by atoms with Crippen LogP contribution < -0.4 is 10.0 Å². The number of rotatable bonds is 7. The van der Waals surface area contributed by atoms with E-state index in [2.05, 4.69) is 10.0 Å². The van der Waals surface area contributed by atoms with E-state index in [0.717, 1.165) is 30.7 Å². The second-order valence-electron chi connectivity index (χ2n) is 5.18. The van der Waals surface area contributed by atoms with Crippen LogP contribution in [0.15, 0.2) is 16.3 Å². The van der Waals surface area contributed by atoms with Crippen molar-refractivity contribution in [2.75, 3.05) is 13.6 Å². The molecule has 0 amide bonds. The quantitative estimate of drug-likeness (QED) is 0.810. The smallest absolute Gasteiger partial charge is 0.250 e. The average Bonchev–Trinajstić information content (AvgIpc) is 2.72. The van der Waals surface area contributed by atoms with Gasteiger partial charge in [-0.15, -0.1) is 11.3 Å². The molecule has 0 saturated heterocycles. The lowest BCUT2D eigenvalue weighted by molar-refractivity contribution is 0.260. The monoisotopic (exact) mass is 302 g/mol. The average molecular weight is 302 g/mol. The molecule has 4 nitrogen and oxygen atoms in total. The van der Waals surface area contributed by atoms with Gasteiger partial charge in [0.05, 0.1) is 0 Å². The van der Waals surface area contributed by atoms with Gasteiger partial charge in [-0.1, -0.05) is 6.42 Å². The minimum absolute atomic E-state index is 0.0432. The lowest BCUT2D eigenvalue weighted by Crippen LogP contribution is -2.40. The normalized spacial score (nSPS) is 18.2. The van der Waals surface area contributed by atoms with Gasteiger partial charge in [0.15, 0.2) is 0 Å². The van der Waals surface area contributed by atoms with Gasteiger partial charge in [-0.25, -0.2) is 13.1 Å². The van der Waals surface area contributed by atoms with Crippen LogP contribution >= 0.6 is 11.3 Å². The first-order chi connectivity index (χ1) is 9.03. The molecule has 2 N–H and O–H groups in total. The Labute approximate surface area is 119 Å². The van der Waals surface area contributed by atoms with E-state index < -0.39 is 10.0 Å². The van der Waals surface area contributed by atoms with E-state index in [1.165, 1.54) is 17.8 Å². The second-order valence-corrected chi connectivity index (χ2v) is 8.28. The van der Waals surface area contributed by atoms with Crippen molar-refractivity contribution in [2.24, 2.45) is 5.92 Å². The number of thiophene rings is 1. The molecule has 1 atom stereocenters. The highest BCUT2D eigenvalue weighted by molar-refractivity contribution is 7.91. The Morgan fingerprint density at radius 3 is 2.74 bits per heavy atom. The minimum atomic E-state index is -3.34. The zero-order chi connectivity index (χ0) is 13.9. The summed E-state index contributed by atoms with van der Waals surface area (Å²) in [7, 11) is -1.44. The van der Waals surface area contributed by atoms with Gasteiger partial charge in [0, 0.05) is 10.9 Å². The van der Waals surface area contributed by atoms with Crippen LogP contribution in [-0.4, -0.2) is 28.1 Å². The molecule has 1 aliphatic carbocycles. The maximum atomic E-state index is 12.3. The Morgan fingerprint density at radius 1 is 1.42 bits per heavy atom. The van der Waals surface area contributed by atoms with E-state index in [0.29, 0.717) is 10.1 Å². The lowest BCUT2D eigenvalue weighted by Gasteiger charge is -2.31. The summed E-state index contributed by atoms with van der Waals surface area (Å²) in [5.74, 6) is 0.512. The summed E-state index contributed by atoms with van der Waals surface area (Å²) in [6, 6.07) is 3.66. The summed E-state index contributed by atoms with van der Waals surface area (Å²) in [5, 5.41) is 3.07. The van der Waals surface area contributed by atoms with Gasteiger partial charge < -0.3 is 5.32 Å². The fourth-order valence-electron chi connectivity index (χ4n) is 2.22. The van der Waals surface area contributed by atoms with Crippen LogP contribution in [-0.2, 0) is 16.4 Å². The highest BCUT2D eigenvalue weighted by Crippen LogP contribution is 2.30. The number of hydrogen-bond donors (Lipinski definition) is 2. The predicted molar refractivity (Wildman–Crippen MR) is 79.1 cm³/mol. The highest BCUT2D eigenvalue weighted by atomic mass is 32.2. The summed E-state index contributed by atoms with van der Waals surface area (Å²) >= 11 is 1.37. The summed E-state index contributed by atoms with van der Waals surface area (Å²) in [6.07, 6.45) is 4.38. The topological polar surface area (TPSA) is 58.2 Å². The van der Waals surface area contributed by atoms with Gasteiger partial charge in [0.2, 0.25) is 10.0 Å². The molecule has 0 radical (unpaired) electrons. The molecule has 0 aliphatic heterocycles. The molecule has 1 unspecified atom stereocenters. The molecule has 1 heterocycles. The van der Waals surface area contributed by atoms with Crippen LogP contribution in [0.1, 0.15) is 31.1 Å². The maximum Gasteiger partial charge on any atom is 0.250 e. The zero-order valence-electron chi connectivity index (χ0n) is 11.5. The molecule has 1 aromatic rings. The molecule has 0 spiro atoms. The molecule has 0 aromatic carbocycles. The first-order valence-corrected chi connectivity index (χ1v) is 9.08. The van der Waals surface area contributed by atoms with Crippen LogP contribution in [0.5, 0.6) is 0 Å². The van der Waals surface area contributed by atoms with Crippen LogP contribution in [0, 0.1) is 5.92 Å². The van der Waals surface area contributed by atoms with Gasteiger partial charge in [-0.3, -0.25) is 0 Å². The van der Waals surface area contributed by atoms with Crippen LogP contribution in [0.2, 0.25) is 0 Å². The number of likely N-dealkylation sites (N-methyl/N-ethyl adjacent to an activating group) is 1. The van der Waals surface area contributed by atoms with Gasteiger partial charge in [0.1, 0.15) is 4.21 Å². The van der Waals surface area contributed by atoms with Crippen molar-refractivity contribution in [2.45, 2.75) is 42.9 Å². The van der Waals surface area contributed by atoms with E-state index in [1.54, 1.807) is 6.07 Å². The van der Waals surface area contributed by atoms with Crippen molar-refractivity contribution in [1.82, 2.24) is 10.0 Å². The molecule has 1 aromatic heterocycles. The van der Waals surface area contributed by atoms with Crippen molar-refractivity contribution in [1.29, 1.82) is 0 Å². The molecule has 0 bridgehead atoms. The number of nitrogens with one attached hydrogen (secondary N) is 2. The van der Waals surface area contributed by atoms with Gasteiger partial charge in [-0.2, -0.15) is 0 Å². The molecule has 1 fully saturated rings. The van der Waals surface area contributed by atoms with E-state index in [4.69, 9.17) is 0 Å². The van der Waals surface area contributed by atoms with Crippen molar-refractivity contribution >= 4 is 21.4 Å². The molecule has 6 heteroatoms. The third-order valence-corrected chi connectivity index (χ3v) is 6.92. The first kappa shape index (κ1) is 15.0. The summed E-state index contributed by atoms with van der Waals surface area (Å²) < 4.78 is 27.8. The molecular formula is C13H22N2O2S2. The van der Waals surface area contributed by atoms with E-state index in [1.807, 2.05) is 20.0 Å². The largest absolute Gasteiger partial charge is 0.319 e. The number of hydrogen-bond acceptors (Lipinski definition) is 4. The third kappa shape index (κ3) is 3.78. The molecule has 19 heavy (non-hydrogen) atoms. The van der Waals surface area contributed by atoms with Crippen LogP contribution in [0.4, 0.5) is 0 Å². The molecule has 108 valence electrons. The molecule has 1 saturated carbocycles.